The lowest BCUT2D eigenvalue weighted by Gasteiger charge is -2.30. The normalized spacial score (nSPS) is 12.6. The Bertz CT molecular complexity index is 447. The smallest absolute Gasteiger partial charge is 0.172 e. The van der Waals surface area contributed by atoms with Crippen LogP contribution in [0.3, 0.4) is 0 Å². The predicted octanol–water partition coefficient (Wildman–Crippen LogP) is 2.57. The molecule has 0 aromatic heterocycles. The maximum absolute atomic E-state index is 8.86. The second-order valence-corrected chi connectivity index (χ2v) is 5.87. The van der Waals surface area contributed by atoms with E-state index in [2.05, 4.69) is 30.8 Å². The van der Waals surface area contributed by atoms with Crippen molar-refractivity contribution in [3.05, 3.63) is 29.3 Å². The van der Waals surface area contributed by atoms with Crippen molar-refractivity contribution in [2.24, 2.45) is 16.3 Å². The van der Waals surface area contributed by atoms with Gasteiger partial charge in [-0.05, 0) is 24.0 Å². The van der Waals surface area contributed by atoms with Crippen molar-refractivity contribution in [3.8, 4) is 0 Å². The third-order valence-corrected chi connectivity index (χ3v) is 2.71. The minimum Gasteiger partial charge on any atom is -0.409 e. The van der Waals surface area contributed by atoms with E-state index in [1.165, 1.54) is 0 Å². The zero-order valence-electron chi connectivity index (χ0n) is 11.9. The maximum atomic E-state index is 8.86. The zero-order valence-corrected chi connectivity index (χ0v) is 11.9. The van der Waals surface area contributed by atoms with Gasteiger partial charge < -0.3 is 15.8 Å². The van der Waals surface area contributed by atoms with E-state index >= 15 is 0 Å². The lowest BCUT2D eigenvalue weighted by molar-refractivity contribution is 0.318. The fourth-order valence-corrected chi connectivity index (χ4v) is 2.22. The first kappa shape index (κ1) is 14.4. The lowest BCUT2D eigenvalue weighted by Crippen LogP contribution is -2.31. The number of nitrogens with two attached hydrogens (primary N) is 1. The van der Waals surface area contributed by atoms with Gasteiger partial charge in [0.05, 0.1) is 5.69 Å². The SMILES string of the molecule is Cc1cccc(/C(N)=N/O)c1N(C)CC(C)(C)C. The monoisotopic (exact) mass is 249 g/mol. The highest BCUT2D eigenvalue weighted by atomic mass is 16.4. The third kappa shape index (κ3) is 3.39. The fourth-order valence-electron chi connectivity index (χ4n) is 2.22. The summed E-state index contributed by atoms with van der Waals surface area (Å²) in [5, 5.41) is 12.0. The molecule has 3 N–H and O–H groups in total. The molecule has 4 heteroatoms. The van der Waals surface area contributed by atoms with E-state index in [9.17, 15) is 0 Å². The van der Waals surface area contributed by atoms with Crippen LogP contribution in [0, 0.1) is 12.3 Å². The molecular weight excluding hydrogens is 226 g/mol. The van der Waals surface area contributed by atoms with E-state index in [0.717, 1.165) is 23.4 Å². The highest BCUT2D eigenvalue weighted by Crippen LogP contribution is 2.27. The van der Waals surface area contributed by atoms with E-state index in [1.807, 2.05) is 32.2 Å². The number of nitrogens with zero attached hydrogens (tertiary/aromatic N) is 2. The Labute approximate surface area is 109 Å². The van der Waals surface area contributed by atoms with Crippen molar-refractivity contribution in [3.63, 3.8) is 0 Å². The summed E-state index contributed by atoms with van der Waals surface area (Å²) in [5.74, 6) is 0.148. The molecule has 0 atom stereocenters. The summed E-state index contributed by atoms with van der Waals surface area (Å²) in [6, 6.07) is 5.82. The largest absolute Gasteiger partial charge is 0.409 e. The molecule has 0 heterocycles. The van der Waals surface area contributed by atoms with Crippen LogP contribution in [0.5, 0.6) is 0 Å². The minimum absolute atomic E-state index is 0.148. The second-order valence-electron chi connectivity index (χ2n) is 5.87. The van der Waals surface area contributed by atoms with Gasteiger partial charge in [-0.15, -0.1) is 0 Å². The second kappa shape index (κ2) is 5.29. The Balaban J connectivity index is 3.22. The quantitative estimate of drug-likeness (QED) is 0.374. The van der Waals surface area contributed by atoms with E-state index in [4.69, 9.17) is 10.9 Å². The number of amidine groups is 1. The van der Waals surface area contributed by atoms with E-state index in [1.54, 1.807) is 0 Å². The van der Waals surface area contributed by atoms with Gasteiger partial charge in [-0.1, -0.05) is 38.1 Å². The van der Waals surface area contributed by atoms with Crippen molar-refractivity contribution in [2.75, 3.05) is 18.5 Å². The van der Waals surface area contributed by atoms with Gasteiger partial charge in [-0.2, -0.15) is 0 Å². The van der Waals surface area contributed by atoms with Crippen LogP contribution in [-0.2, 0) is 0 Å². The van der Waals surface area contributed by atoms with Crippen LogP contribution in [-0.4, -0.2) is 24.6 Å². The molecule has 0 spiro atoms. The number of hydrogen-bond donors (Lipinski definition) is 2. The molecule has 1 aromatic carbocycles. The predicted molar refractivity (Wildman–Crippen MR) is 76.4 cm³/mol. The molecule has 1 aromatic rings. The summed E-state index contributed by atoms with van der Waals surface area (Å²) in [5.41, 5.74) is 8.82. The number of para-hydroxylation sites is 1. The highest BCUT2D eigenvalue weighted by Gasteiger charge is 2.18. The lowest BCUT2D eigenvalue weighted by atomic mass is 9.95. The van der Waals surface area contributed by atoms with Crippen LogP contribution in [0.15, 0.2) is 23.4 Å². The molecule has 4 nitrogen and oxygen atoms in total. The molecule has 0 radical (unpaired) electrons. The van der Waals surface area contributed by atoms with Crippen molar-refractivity contribution < 1.29 is 5.21 Å². The first-order chi connectivity index (χ1) is 8.26. The number of oxime groups is 1. The first-order valence-electron chi connectivity index (χ1n) is 6.05. The van der Waals surface area contributed by atoms with Crippen molar-refractivity contribution in [2.45, 2.75) is 27.7 Å². The molecule has 1 rings (SSSR count). The van der Waals surface area contributed by atoms with Gasteiger partial charge in [0.25, 0.3) is 0 Å². The van der Waals surface area contributed by atoms with Crippen molar-refractivity contribution in [1.82, 2.24) is 0 Å². The third-order valence-electron chi connectivity index (χ3n) is 2.71. The molecule has 0 amide bonds. The van der Waals surface area contributed by atoms with Crippen LogP contribution in [0.4, 0.5) is 5.69 Å². The maximum Gasteiger partial charge on any atom is 0.172 e. The molecule has 0 fully saturated rings. The summed E-state index contributed by atoms with van der Waals surface area (Å²) in [7, 11) is 2.03. The molecule has 0 unspecified atom stereocenters. The average Bonchev–Trinajstić information content (AvgIpc) is 2.25. The van der Waals surface area contributed by atoms with E-state index in [0.29, 0.717) is 0 Å². The standard InChI is InChI=1S/C14H23N3O/c1-10-7-6-8-11(13(15)16-18)12(10)17(5)9-14(2,3)4/h6-8,18H,9H2,1-5H3,(H2,15,16). The molecule has 0 bridgehead atoms. The van der Waals surface area contributed by atoms with E-state index < -0.39 is 0 Å². The van der Waals surface area contributed by atoms with Gasteiger partial charge >= 0.3 is 0 Å². The zero-order chi connectivity index (χ0) is 13.9. The topological polar surface area (TPSA) is 61.9 Å². The van der Waals surface area contributed by atoms with Crippen molar-refractivity contribution in [1.29, 1.82) is 0 Å². The summed E-state index contributed by atoms with van der Waals surface area (Å²) in [4.78, 5) is 2.16. The van der Waals surface area contributed by atoms with Gasteiger partial charge in [0.1, 0.15) is 0 Å². The first-order valence-corrected chi connectivity index (χ1v) is 6.05. The summed E-state index contributed by atoms with van der Waals surface area (Å²) >= 11 is 0. The Kier molecular flexibility index (Phi) is 4.22. The molecule has 0 aliphatic carbocycles. The Morgan fingerprint density at radius 1 is 1.39 bits per heavy atom. The Morgan fingerprint density at radius 2 is 2.00 bits per heavy atom. The number of benzene rings is 1. The molecule has 0 saturated heterocycles. The van der Waals surface area contributed by atoms with Gasteiger partial charge in [0.2, 0.25) is 0 Å². The molecule has 18 heavy (non-hydrogen) atoms. The molecule has 0 aliphatic heterocycles. The van der Waals surface area contributed by atoms with Crippen LogP contribution in [0.2, 0.25) is 0 Å². The number of rotatable bonds is 3. The van der Waals surface area contributed by atoms with E-state index in [-0.39, 0.29) is 11.3 Å². The average molecular weight is 249 g/mol. The molecule has 0 saturated carbocycles. The number of hydrogen-bond acceptors (Lipinski definition) is 3. The Morgan fingerprint density at radius 3 is 2.50 bits per heavy atom. The van der Waals surface area contributed by atoms with Crippen LogP contribution >= 0.6 is 0 Å². The fraction of sp³-hybridized carbons (Fsp3) is 0.500. The molecule has 0 aliphatic rings. The van der Waals surface area contributed by atoms with Crippen LogP contribution in [0.25, 0.3) is 0 Å². The molecular formula is C14H23N3O. The minimum atomic E-state index is 0.148. The van der Waals surface area contributed by atoms with Gasteiger partial charge in [0, 0.05) is 19.2 Å². The summed E-state index contributed by atoms with van der Waals surface area (Å²) in [6.45, 7) is 9.48. The Hall–Kier alpha value is -1.71. The summed E-state index contributed by atoms with van der Waals surface area (Å²) in [6.07, 6.45) is 0. The van der Waals surface area contributed by atoms with Crippen LogP contribution < -0.4 is 10.6 Å². The molecule has 100 valence electrons. The summed E-state index contributed by atoms with van der Waals surface area (Å²) < 4.78 is 0. The van der Waals surface area contributed by atoms with Crippen LogP contribution in [0.1, 0.15) is 31.9 Å². The number of aryl methyl sites for hydroxylation is 1. The van der Waals surface area contributed by atoms with Gasteiger partial charge in [-0.3, -0.25) is 0 Å². The number of anilines is 1. The highest BCUT2D eigenvalue weighted by molar-refractivity contribution is 6.02. The van der Waals surface area contributed by atoms with Gasteiger partial charge in [-0.25, -0.2) is 0 Å². The van der Waals surface area contributed by atoms with Gasteiger partial charge in [0.15, 0.2) is 5.84 Å². The van der Waals surface area contributed by atoms with Crippen molar-refractivity contribution >= 4 is 11.5 Å².